The molecule has 1 aromatic rings. The van der Waals surface area contributed by atoms with Crippen molar-refractivity contribution in [2.75, 3.05) is 37.0 Å². The summed E-state index contributed by atoms with van der Waals surface area (Å²) in [6, 6.07) is 4.79. The molecule has 19 heavy (non-hydrogen) atoms. The Morgan fingerprint density at radius 3 is 2.21 bits per heavy atom. The van der Waals surface area contributed by atoms with E-state index in [0.29, 0.717) is 5.92 Å². The van der Waals surface area contributed by atoms with Crippen LogP contribution in [0.2, 0.25) is 0 Å². The van der Waals surface area contributed by atoms with Crippen LogP contribution in [0.1, 0.15) is 50.2 Å². The molecule has 1 fully saturated rings. The van der Waals surface area contributed by atoms with Crippen LogP contribution in [-0.4, -0.2) is 27.2 Å². The summed E-state index contributed by atoms with van der Waals surface area (Å²) in [6.45, 7) is 9.28. The first-order valence-electron chi connectivity index (χ1n) is 7.57. The van der Waals surface area contributed by atoms with E-state index in [1.807, 2.05) is 0 Å². The van der Waals surface area contributed by atoms with Gasteiger partial charge < -0.3 is 9.80 Å². The second kappa shape index (κ2) is 5.85. The maximum atomic E-state index is 2.59. The highest BCUT2D eigenvalue weighted by Gasteiger charge is 2.18. The van der Waals surface area contributed by atoms with Gasteiger partial charge in [0.15, 0.2) is 0 Å². The number of anilines is 2. The second-order valence-electron chi connectivity index (χ2n) is 6.29. The summed E-state index contributed by atoms with van der Waals surface area (Å²) in [5, 5.41) is 0. The maximum Gasteiger partial charge on any atom is 0.0405 e. The molecule has 1 aliphatic heterocycles. The van der Waals surface area contributed by atoms with E-state index in [9.17, 15) is 0 Å². The molecule has 1 heterocycles. The van der Waals surface area contributed by atoms with Crippen LogP contribution in [0.15, 0.2) is 12.1 Å². The third-order valence-corrected chi connectivity index (χ3v) is 4.15. The summed E-state index contributed by atoms with van der Waals surface area (Å²) in [5.74, 6) is 0.580. The monoisotopic (exact) mass is 260 g/mol. The molecule has 0 atom stereocenters. The van der Waals surface area contributed by atoms with Crippen molar-refractivity contribution in [2.24, 2.45) is 0 Å². The number of piperidine rings is 1. The molecule has 0 spiro atoms. The summed E-state index contributed by atoms with van der Waals surface area (Å²) in [7, 11) is 4.26. The average molecular weight is 260 g/mol. The lowest BCUT2D eigenvalue weighted by molar-refractivity contribution is 0.575. The van der Waals surface area contributed by atoms with Crippen LogP contribution in [-0.2, 0) is 0 Å². The fourth-order valence-corrected chi connectivity index (χ4v) is 3.05. The smallest absolute Gasteiger partial charge is 0.0405 e. The van der Waals surface area contributed by atoms with E-state index in [2.05, 4.69) is 56.8 Å². The lowest BCUT2D eigenvalue weighted by Crippen LogP contribution is -2.30. The van der Waals surface area contributed by atoms with E-state index in [-0.39, 0.29) is 0 Å². The minimum Gasteiger partial charge on any atom is -0.377 e. The highest BCUT2D eigenvalue weighted by atomic mass is 15.1. The molecule has 2 nitrogen and oxygen atoms in total. The van der Waals surface area contributed by atoms with Gasteiger partial charge in [-0.1, -0.05) is 13.8 Å². The molecule has 2 heteroatoms. The Bertz CT molecular complexity index is 429. The molecule has 0 amide bonds. The molecule has 0 saturated carbocycles. The van der Waals surface area contributed by atoms with Gasteiger partial charge in [-0.2, -0.15) is 0 Å². The van der Waals surface area contributed by atoms with Gasteiger partial charge in [0.1, 0.15) is 0 Å². The highest BCUT2D eigenvalue weighted by Crippen LogP contribution is 2.35. The Balaban J connectivity index is 2.43. The predicted molar refractivity (Wildman–Crippen MR) is 85.7 cm³/mol. The summed E-state index contributed by atoms with van der Waals surface area (Å²) in [4.78, 5) is 4.81. The van der Waals surface area contributed by atoms with Crippen molar-refractivity contribution in [3.63, 3.8) is 0 Å². The topological polar surface area (TPSA) is 6.48 Å². The molecule has 0 aliphatic carbocycles. The summed E-state index contributed by atoms with van der Waals surface area (Å²) < 4.78 is 0. The van der Waals surface area contributed by atoms with Crippen molar-refractivity contribution in [3.05, 3.63) is 23.3 Å². The van der Waals surface area contributed by atoms with Crippen molar-refractivity contribution in [3.8, 4) is 0 Å². The number of hydrogen-bond acceptors (Lipinski definition) is 2. The van der Waals surface area contributed by atoms with Crippen LogP contribution in [0.4, 0.5) is 11.4 Å². The molecule has 1 aromatic carbocycles. The summed E-state index contributed by atoms with van der Waals surface area (Å²) in [5.41, 5.74) is 5.70. The lowest BCUT2D eigenvalue weighted by Gasteiger charge is -2.33. The normalized spacial score (nSPS) is 16.0. The largest absolute Gasteiger partial charge is 0.377 e. The number of benzene rings is 1. The van der Waals surface area contributed by atoms with Gasteiger partial charge in [0.05, 0.1) is 0 Å². The van der Waals surface area contributed by atoms with Crippen LogP contribution < -0.4 is 9.80 Å². The van der Waals surface area contributed by atoms with Crippen molar-refractivity contribution in [1.82, 2.24) is 0 Å². The summed E-state index contributed by atoms with van der Waals surface area (Å²) >= 11 is 0. The van der Waals surface area contributed by atoms with Crippen LogP contribution in [0.25, 0.3) is 0 Å². The van der Waals surface area contributed by atoms with Gasteiger partial charge in [-0.05, 0) is 55.4 Å². The zero-order chi connectivity index (χ0) is 14.0. The second-order valence-corrected chi connectivity index (χ2v) is 6.29. The SMILES string of the molecule is Cc1cc(N2CCCCC2)c(C(C)C)cc1N(C)C. The van der Waals surface area contributed by atoms with Gasteiger partial charge in [0.25, 0.3) is 0 Å². The van der Waals surface area contributed by atoms with Gasteiger partial charge in [-0.25, -0.2) is 0 Å². The van der Waals surface area contributed by atoms with Crippen molar-refractivity contribution in [2.45, 2.75) is 46.0 Å². The van der Waals surface area contributed by atoms with Crippen molar-refractivity contribution < 1.29 is 0 Å². The fraction of sp³-hybridized carbons (Fsp3) is 0.647. The zero-order valence-corrected chi connectivity index (χ0v) is 13.2. The number of rotatable bonds is 3. The van der Waals surface area contributed by atoms with Gasteiger partial charge >= 0.3 is 0 Å². The maximum absolute atomic E-state index is 2.59. The molecular weight excluding hydrogens is 232 g/mol. The van der Waals surface area contributed by atoms with Crippen molar-refractivity contribution >= 4 is 11.4 Å². The first kappa shape index (κ1) is 14.2. The molecule has 0 radical (unpaired) electrons. The summed E-state index contributed by atoms with van der Waals surface area (Å²) in [6.07, 6.45) is 4.07. The number of nitrogens with zero attached hydrogens (tertiary/aromatic N) is 2. The van der Waals surface area contributed by atoms with Crippen LogP contribution in [0, 0.1) is 6.92 Å². The molecule has 0 aromatic heterocycles. The Kier molecular flexibility index (Phi) is 4.38. The molecule has 1 aliphatic rings. The van der Waals surface area contributed by atoms with E-state index >= 15 is 0 Å². The minimum atomic E-state index is 0.580. The Labute approximate surface area is 118 Å². The first-order valence-corrected chi connectivity index (χ1v) is 7.57. The molecule has 0 bridgehead atoms. The Morgan fingerprint density at radius 1 is 1.05 bits per heavy atom. The van der Waals surface area contributed by atoms with Gasteiger partial charge in [0, 0.05) is 38.6 Å². The standard InChI is InChI=1S/C17H28N2/c1-13(2)15-12-16(18(4)5)14(3)11-17(15)19-9-7-6-8-10-19/h11-13H,6-10H2,1-5H3. The quantitative estimate of drug-likeness (QED) is 0.804. The lowest BCUT2D eigenvalue weighted by atomic mass is 9.96. The minimum absolute atomic E-state index is 0.580. The number of aryl methyl sites for hydroxylation is 1. The molecule has 0 N–H and O–H groups in total. The molecular formula is C17H28N2. The van der Waals surface area contributed by atoms with Gasteiger partial charge in [-0.15, -0.1) is 0 Å². The van der Waals surface area contributed by atoms with E-state index < -0.39 is 0 Å². The molecule has 2 rings (SSSR count). The zero-order valence-electron chi connectivity index (χ0n) is 13.2. The van der Waals surface area contributed by atoms with E-state index in [1.165, 1.54) is 54.9 Å². The third kappa shape index (κ3) is 3.05. The highest BCUT2D eigenvalue weighted by molar-refractivity contribution is 5.66. The van der Waals surface area contributed by atoms with Crippen LogP contribution in [0.3, 0.4) is 0 Å². The number of hydrogen-bond donors (Lipinski definition) is 0. The van der Waals surface area contributed by atoms with E-state index in [4.69, 9.17) is 0 Å². The first-order chi connectivity index (χ1) is 9.00. The van der Waals surface area contributed by atoms with E-state index in [1.54, 1.807) is 0 Å². The van der Waals surface area contributed by atoms with Crippen molar-refractivity contribution in [1.29, 1.82) is 0 Å². The molecule has 0 unspecified atom stereocenters. The Hall–Kier alpha value is -1.18. The Morgan fingerprint density at radius 2 is 1.68 bits per heavy atom. The van der Waals surface area contributed by atoms with Crippen LogP contribution in [0.5, 0.6) is 0 Å². The predicted octanol–water partition coefficient (Wildman–Crippen LogP) is 4.17. The van der Waals surface area contributed by atoms with Gasteiger partial charge in [0.2, 0.25) is 0 Å². The van der Waals surface area contributed by atoms with E-state index in [0.717, 1.165) is 0 Å². The molecule has 106 valence electrons. The average Bonchev–Trinajstić information content (AvgIpc) is 2.38. The third-order valence-electron chi connectivity index (χ3n) is 4.15. The fourth-order valence-electron chi connectivity index (χ4n) is 3.05. The van der Waals surface area contributed by atoms with Gasteiger partial charge in [-0.3, -0.25) is 0 Å². The molecule has 1 saturated heterocycles. The van der Waals surface area contributed by atoms with Crippen LogP contribution >= 0.6 is 0 Å².